The smallest absolute Gasteiger partial charge is 0.0997 e. The fourth-order valence-electron chi connectivity index (χ4n) is 2.84. The predicted molar refractivity (Wildman–Crippen MR) is 83.6 cm³/mol. The summed E-state index contributed by atoms with van der Waals surface area (Å²) in [6, 6.07) is 10.6. The zero-order valence-corrected chi connectivity index (χ0v) is 11.7. The summed E-state index contributed by atoms with van der Waals surface area (Å²) in [5.41, 5.74) is 5.92. The Bertz CT molecular complexity index is 761. The molecule has 4 nitrogen and oxygen atoms in total. The van der Waals surface area contributed by atoms with Crippen LogP contribution in [0.4, 0.5) is 5.69 Å². The number of hydrogen-bond acceptors (Lipinski definition) is 3. The summed E-state index contributed by atoms with van der Waals surface area (Å²) in [4.78, 5) is 8.50. The Hall–Kier alpha value is -2.62. The predicted octanol–water partition coefficient (Wildman–Crippen LogP) is 3.29. The molecule has 3 heterocycles. The number of aromatic nitrogens is 3. The Morgan fingerprint density at radius 2 is 2.10 bits per heavy atom. The highest BCUT2D eigenvalue weighted by Gasteiger charge is 2.12. The Morgan fingerprint density at radius 1 is 1.10 bits per heavy atom. The first-order chi connectivity index (χ1) is 10.4. The molecule has 3 aromatic rings. The van der Waals surface area contributed by atoms with E-state index >= 15 is 0 Å². The number of imidazole rings is 1. The van der Waals surface area contributed by atoms with Crippen molar-refractivity contribution in [1.82, 2.24) is 14.5 Å². The van der Waals surface area contributed by atoms with E-state index in [0.717, 1.165) is 29.9 Å². The summed E-state index contributed by atoms with van der Waals surface area (Å²) < 4.78 is 2.12. The first kappa shape index (κ1) is 12.1. The van der Waals surface area contributed by atoms with Crippen molar-refractivity contribution in [2.45, 2.75) is 12.8 Å². The van der Waals surface area contributed by atoms with Crippen LogP contribution >= 0.6 is 0 Å². The van der Waals surface area contributed by atoms with E-state index < -0.39 is 0 Å². The monoisotopic (exact) mass is 276 g/mol. The average molecular weight is 276 g/mol. The first-order valence-electron chi connectivity index (χ1n) is 7.22. The van der Waals surface area contributed by atoms with Crippen molar-refractivity contribution in [3.05, 3.63) is 60.8 Å². The van der Waals surface area contributed by atoms with Crippen molar-refractivity contribution in [1.29, 1.82) is 0 Å². The minimum absolute atomic E-state index is 1.06. The molecule has 0 fully saturated rings. The van der Waals surface area contributed by atoms with Crippen LogP contribution in [0.2, 0.25) is 0 Å². The second-order valence-electron chi connectivity index (χ2n) is 5.26. The van der Waals surface area contributed by atoms with Crippen LogP contribution in [0.5, 0.6) is 0 Å². The molecule has 0 unspecified atom stereocenters. The second-order valence-corrected chi connectivity index (χ2v) is 5.26. The molecule has 0 saturated heterocycles. The molecule has 1 aromatic carbocycles. The van der Waals surface area contributed by atoms with Gasteiger partial charge in [0.15, 0.2) is 0 Å². The topological polar surface area (TPSA) is 42.7 Å². The van der Waals surface area contributed by atoms with E-state index in [0.29, 0.717) is 0 Å². The normalized spacial score (nSPS) is 13.5. The van der Waals surface area contributed by atoms with Crippen LogP contribution in [0.15, 0.2) is 55.2 Å². The molecule has 1 aliphatic rings. The van der Waals surface area contributed by atoms with E-state index in [1.165, 1.54) is 17.7 Å². The summed E-state index contributed by atoms with van der Waals surface area (Å²) in [6.07, 6.45) is 9.72. The number of anilines is 1. The van der Waals surface area contributed by atoms with Crippen LogP contribution in [0.25, 0.3) is 16.9 Å². The number of benzene rings is 1. The highest BCUT2D eigenvalue weighted by Crippen LogP contribution is 2.27. The van der Waals surface area contributed by atoms with Gasteiger partial charge in [0.1, 0.15) is 0 Å². The molecule has 1 aliphatic heterocycles. The van der Waals surface area contributed by atoms with Crippen LogP contribution in [0.1, 0.15) is 12.0 Å². The fourth-order valence-corrected chi connectivity index (χ4v) is 2.84. The van der Waals surface area contributed by atoms with E-state index in [1.54, 1.807) is 6.20 Å². The summed E-state index contributed by atoms with van der Waals surface area (Å²) in [6.45, 7) is 1.07. The van der Waals surface area contributed by atoms with Gasteiger partial charge in [-0.25, -0.2) is 4.98 Å². The summed E-state index contributed by atoms with van der Waals surface area (Å²) >= 11 is 0. The van der Waals surface area contributed by atoms with Crippen LogP contribution in [-0.2, 0) is 6.42 Å². The lowest BCUT2D eigenvalue weighted by Gasteiger charge is -2.19. The molecular formula is C17H16N4. The minimum Gasteiger partial charge on any atom is -0.385 e. The van der Waals surface area contributed by atoms with Gasteiger partial charge in [0.05, 0.1) is 18.2 Å². The van der Waals surface area contributed by atoms with Crippen molar-refractivity contribution in [2.75, 3.05) is 11.9 Å². The highest BCUT2D eigenvalue weighted by molar-refractivity contribution is 5.63. The van der Waals surface area contributed by atoms with Crippen molar-refractivity contribution >= 4 is 5.69 Å². The Morgan fingerprint density at radius 3 is 3.00 bits per heavy atom. The lowest BCUT2D eigenvalue weighted by atomic mass is 10.0. The van der Waals surface area contributed by atoms with Gasteiger partial charge < -0.3 is 5.32 Å². The molecule has 2 aromatic heterocycles. The number of nitrogens with zero attached hydrogens (tertiary/aromatic N) is 3. The van der Waals surface area contributed by atoms with Crippen LogP contribution in [-0.4, -0.2) is 21.1 Å². The summed E-state index contributed by atoms with van der Waals surface area (Å²) in [5, 5.41) is 3.45. The standard InChI is InChI=1S/C17H16N4/c1-4-14(10-18-7-1)17-11-19-12-21(17)15-5-6-16-13(9-15)3-2-8-20-16/h1,4-7,9-12,20H,2-3,8H2. The maximum Gasteiger partial charge on any atom is 0.0997 e. The van der Waals surface area contributed by atoms with Crippen molar-refractivity contribution in [2.24, 2.45) is 0 Å². The Labute approximate surface area is 123 Å². The lowest BCUT2D eigenvalue weighted by Crippen LogP contribution is -2.12. The molecule has 0 aliphatic carbocycles. The number of rotatable bonds is 2. The third-order valence-corrected chi connectivity index (χ3v) is 3.90. The number of hydrogen-bond donors (Lipinski definition) is 1. The fraction of sp³-hybridized carbons (Fsp3) is 0.176. The summed E-state index contributed by atoms with van der Waals surface area (Å²) in [7, 11) is 0. The number of aryl methyl sites for hydroxylation is 1. The zero-order chi connectivity index (χ0) is 14.1. The average Bonchev–Trinajstić information content (AvgIpc) is 3.05. The Kier molecular flexibility index (Phi) is 2.92. The lowest BCUT2D eigenvalue weighted by molar-refractivity contribution is 0.828. The molecule has 0 saturated carbocycles. The van der Waals surface area contributed by atoms with E-state index in [9.17, 15) is 0 Å². The van der Waals surface area contributed by atoms with Crippen LogP contribution in [0.3, 0.4) is 0 Å². The minimum atomic E-state index is 1.06. The van der Waals surface area contributed by atoms with Gasteiger partial charge in [0.25, 0.3) is 0 Å². The van der Waals surface area contributed by atoms with Crippen molar-refractivity contribution < 1.29 is 0 Å². The van der Waals surface area contributed by atoms with Gasteiger partial charge in [-0.3, -0.25) is 9.55 Å². The van der Waals surface area contributed by atoms with Gasteiger partial charge in [-0.2, -0.15) is 0 Å². The number of nitrogens with one attached hydrogen (secondary N) is 1. The quantitative estimate of drug-likeness (QED) is 0.781. The molecule has 104 valence electrons. The summed E-state index contributed by atoms with van der Waals surface area (Å²) in [5.74, 6) is 0. The molecule has 4 rings (SSSR count). The molecule has 4 heteroatoms. The van der Waals surface area contributed by atoms with E-state index in [-0.39, 0.29) is 0 Å². The van der Waals surface area contributed by atoms with Gasteiger partial charge in [0, 0.05) is 35.9 Å². The largest absolute Gasteiger partial charge is 0.385 e. The van der Waals surface area contributed by atoms with E-state index in [1.807, 2.05) is 24.8 Å². The van der Waals surface area contributed by atoms with E-state index in [2.05, 4.69) is 44.1 Å². The molecule has 0 bridgehead atoms. The molecule has 0 spiro atoms. The van der Waals surface area contributed by atoms with E-state index in [4.69, 9.17) is 0 Å². The second kappa shape index (κ2) is 5.05. The van der Waals surface area contributed by atoms with Crippen LogP contribution < -0.4 is 5.32 Å². The highest BCUT2D eigenvalue weighted by atomic mass is 15.1. The SMILES string of the molecule is c1cncc(-c2cncn2-c2ccc3c(c2)CCCN3)c1. The van der Waals surface area contributed by atoms with Gasteiger partial charge >= 0.3 is 0 Å². The van der Waals surface area contributed by atoms with Crippen LogP contribution in [0, 0.1) is 0 Å². The third kappa shape index (κ3) is 2.18. The number of pyridine rings is 1. The van der Waals surface area contributed by atoms with Crippen molar-refractivity contribution in [3.63, 3.8) is 0 Å². The first-order valence-corrected chi connectivity index (χ1v) is 7.22. The molecule has 21 heavy (non-hydrogen) atoms. The van der Waals surface area contributed by atoms with Gasteiger partial charge in [-0.05, 0) is 48.7 Å². The maximum absolute atomic E-state index is 4.31. The molecular weight excluding hydrogens is 260 g/mol. The zero-order valence-electron chi connectivity index (χ0n) is 11.7. The molecule has 0 atom stereocenters. The Balaban J connectivity index is 1.80. The van der Waals surface area contributed by atoms with Gasteiger partial charge in [0.2, 0.25) is 0 Å². The molecule has 0 amide bonds. The third-order valence-electron chi connectivity index (χ3n) is 3.90. The van der Waals surface area contributed by atoms with Crippen molar-refractivity contribution in [3.8, 4) is 16.9 Å². The molecule has 0 radical (unpaired) electrons. The van der Waals surface area contributed by atoms with Gasteiger partial charge in [-0.1, -0.05) is 0 Å². The molecule has 1 N–H and O–H groups in total. The van der Waals surface area contributed by atoms with Gasteiger partial charge in [-0.15, -0.1) is 0 Å². The maximum atomic E-state index is 4.31. The number of fused-ring (bicyclic) bond motifs is 1.